The highest BCUT2D eigenvalue weighted by Crippen LogP contribution is 2.14. The highest BCUT2D eigenvalue weighted by molar-refractivity contribution is 5.79. The maximum absolute atomic E-state index is 12.0. The molecule has 9 nitrogen and oxygen atoms in total. The molecule has 1 heterocycles. The van der Waals surface area contributed by atoms with E-state index < -0.39 is 4.92 Å². The van der Waals surface area contributed by atoms with Crippen molar-refractivity contribution in [2.24, 2.45) is 0 Å². The van der Waals surface area contributed by atoms with Gasteiger partial charge in [0, 0.05) is 30.9 Å². The van der Waals surface area contributed by atoms with Crippen molar-refractivity contribution in [2.45, 2.75) is 6.54 Å². The number of benzene rings is 2. The second kappa shape index (κ2) is 7.39. The molecule has 0 radical (unpaired) electrons. The van der Waals surface area contributed by atoms with Crippen LogP contribution in [0.3, 0.4) is 0 Å². The topological polar surface area (TPSA) is 115 Å². The Labute approximate surface area is 142 Å². The molecular weight excluding hydrogens is 324 g/mol. The summed E-state index contributed by atoms with van der Waals surface area (Å²) in [4.78, 5) is 22.1. The number of non-ortho nitro benzene ring substituents is 1. The summed E-state index contributed by atoms with van der Waals surface area (Å²) < 4.78 is 1.55. The van der Waals surface area contributed by atoms with Crippen LogP contribution in [0.25, 0.3) is 11.0 Å². The van der Waals surface area contributed by atoms with Crippen LogP contribution in [0.4, 0.5) is 11.4 Å². The lowest BCUT2D eigenvalue weighted by atomic mass is 10.3. The van der Waals surface area contributed by atoms with Gasteiger partial charge in [-0.15, -0.1) is 5.10 Å². The largest absolute Gasteiger partial charge is 0.383 e. The quantitative estimate of drug-likeness (QED) is 0.383. The Morgan fingerprint density at radius 2 is 1.88 bits per heavy atom. The molecule has 1 amide bonds. The molecule has 0 aliphatic heterocycles. The third-order valence-corrected chi connectivity index (χ3v) is 3.57. The van der Waals surface area contributed by atoms with Crippen LogP contribution in [0.15, 0.2) is 48.5 Å². The van der Waals surface area contributed by atoms with E-state index in [1.165, 1.54) is 12.1 Å². The van der Waals surface area contributed by atoms with Gasteiger partial charge >= 0.3 is 0 Å². The fourth-order valence-corrected chi connectivity index (χ4v) is 2.34. The Balaban J connectivity index is 1.44. The fourth-order valence-electron chi connectivity index (χ4n) is 2.34. The molecule has 0 saturated carbocycles. The van der Waals surface area contributed by atoms with Crippen LogP contribution in [-0.2, 0) is 11.3 Å². The van der Waals surface area contributed by atoms with E-state index in [2.05, 4.69) is 20.9 Å². The monoisotopic (exact) mass is 340 g/mol. The summed E-state index contributed by atoms with van der Waals surface area (Å²) in [7, 11) is 0. The van der Waals surface area contributed by atoms with Gasteiger partial charge in [-0.3, -0.25) is 14.9 Å². The molecule has 3 rings (SSSR count). The second-order valence-corrected chi connectivity index (χ2v) is 5.32. The second-order valence-electron chi connectivity index (χ2n) is 5.32. The van der Waals surface area contributed by atoms with E-state index in [-0.39, 0.29) is 18.1 Å². The molecule has 2 N–H and O–H groups in total. The molecule has 25 heavy (non-hydrogen) atoms. The fraction of sp³-hybridized carbons (Fsp3) is 0.188. The SMILES string of the molecule is O=C(Cn1nnc2ccccc21)NCCNc1ccc([N+](=O)[O-])cc1. The van der Waals surface area contributed by atoms with Crippen molar-refractivity contribution < 1.29 is 9.72 Å². The minimum Gasteiger partial charge on any atom is -0.383 e. The third-order valence-electron chi connectivity index (χ3n) is 3.57. The molecule has 0 saturated heterocycles. The zero-order valence-electron chi connectivity index (χ0n) is 13.3. The lowest BCUT2D eigenvalue weighted by Crippen LogP contribution is -2.32. The molecule has 3 aromatic rings. The highest BCUT2D eigenvalue weighted by Gasteiger charge is 2.08. The van der Waals surface area contributed by atoms with Crippen LogP contribution in [0, 0.1) is 10.1 Å². The van der Waals surface area contributed by atoms with E-state index >= 15 is 0 Å². The van der Waals surface area contributed by atoms with Crippen molar-refractivity contribution in [2.75, 3.05) is 18.4 Å². The molecule has 0 spiro atoms. The molecule has 0 aliphatic rings. The molecule has 0 atom stereocenters. The van der Waals surface area contributed by atoms with Gasteiger partial charge in [0.15, 0.2) is 0 Å². The average Bonchev–Trinajstić information content (AvgIpc) is 3.02. The van der Waals surface area contributed by atoms with Gasteiger partial charge in [-0.2, -0.15) is 0 Å². The number of hydrogen-bond donors (Lipinski definition) is 2. The number of nitrogens with zero attached hydrogens (tertiary/aromatic N) is 4. The van der Waals surface area contributed by atoms with E-state index in [1.54, 1.807) is 16.8 Å². The Bertz CT molecular complexity index is 890. The Morgan fingerprint density at radius 1 is 1.12 bits per heavy atom. The van der Waals surface area contributed by atoms with E-state index in [9.17, 15) is 14.9 Å². The minimum absolute atomic E-state index is 0.0407. The molecule has 2 aromatic carbocycles. The zero-order chi connectivity index (χ0) is 17.6. The van der Waals surface area contributed by atoms with Crippen molar-refractivity contribution >= 4 is 28.3 Å². The lowest BCUT2D eigenvalue weighted by molar-refractivity contribution is -0.384. The number of hydrogen-bond acceptors (Lipinski definition) is 6. The van der Waals surface area contributed by atoms with Crippen LogP contribution in [0.1, 0.15) is 0 Å². The Kier molecular flexibility index (Phi) is 4.84. The predicted molar refractivity (Wildman–Crippen MR) is 92.1 cm³/mol. The number of carbonyl (C=O) groups is 1. The number of nitro benzene ring substituents is 1. The first kappa shape index (κ1) is 16.4. The maximum atomic E-state index is 12.0. The number of rotatable bonds is 7. The average molecular weight is 340 g/mol. The van der Waals surface area contributed by atoms with Crippen molar-refractivity contribution in [3.05, 3.63) is 58.6 Å². The lowest BCUT2D eigenvalue weighted by Gasteiger charge is -2.08. The van der Waals surface area contributed by atoms with E-state index in [4.69, 9.17) is 0 Å². The summed E-state index contributed by atoms with van der Waals surface area (Å²) in [5, 5.41) is 24.4. The molecule has 0 unspecified atom stereocenters. The molecule has 9 heteroatoms. The van der Waals surface area contributed by atoms with Crippen molar-refractivity contribution in [3.63, 3.8) is 0 Å². The summed E-state index contributed by atoms with van der Waals surface area (Å²) in [6.45, 7) is 1.02. The van der Waals surface area contributed by atoms with Crippen LogP contribution < -0.4 is 10.6 Å². The summed E-state index contributed by atoms with van der Waals surface area (Å²) in [5.74, 6) is -0.166. The highest BCUT2D eigenvalue weighted by atomic mass is 16.6. The van der Waals surface area contributed by atoms with Crippen molar-refractivity contribution in [3.8, 4) is 0 Å². The first-order valence-corrected chi connectivity index (χ1v) is 7.67. The zero-order valence-corrected chi connectivity index (χ0v) is 13.3. The number of fused-ring (bicyclic) bond motifs is 1. The number of amides is 1. The number of aromatic nitrogens is 3. The molecule has 128 valence electrons. The number of carbonyl (C=O) groups excluding carboxylic acids is 1. The van der Waals surface area contributed by atoms with Crippen molar-refractivity contribution in [1.29, 1.82) is 0 Å². The van der Waals surface area contributed by atoms with Gasteiger partial charge in [0.2, 0.25) is 5.91 Å². The van der Waals surface area contributed by atoms with Gasteiger partial charge in [-0.05, 0) is 24.3 Å². The molecule has 0 aliphatic carbocycles. The van der Waals surface area contributed by atoms with Gasteiger partial charge in [-0.1, -0.05) is 17.3 Å². The van der Waals surface area contributed by atoms with Crippen LogP contribution in [0.5, 0.6) is 0 Å². The maximum Gasteiger partial charge on any atom is 0.269 e. The first-order valence-electron chi connectivity index (χ1n) is 7.67. The van der Waals surface area contributed by atoms with E-state index in [0.29, 0.717) is 13.1 Å². The summed E-state index contributed by atoms with van der Waals surface area (Å²) >= 11 is 0. The molecular formula is C16H16N6O3. The number of nitrogens with one attached hydrogen (secondary N) is 2. The molecule has 0 bridgehead atoms. The van der Waals surface area contributed by atoms with Gasteiger partial charge in [0.05, 0.1) is 10.4 Å². The van der Waals surface area contributed by atoms with Gasteiger partial charge in [-0.25, -0.2) is 4.68 Å². The van der Waals surface area contributed by atoms with Gasteiger partial charge < -0.3 is 10.6 Å². The Morgan fingerprint density at radius 3 is 2.64 bits per heavy atom. The van der Waals surface area contributed by atoms with E-state index in [0.717, 1.165) is 16.7 Å². The van der Waals surface area contributed by atoms with Crippen LogP contribution in [-0.4, -0.2) is 38.9 Å². The van der Waals surface area contributed by atoms with Gasteiger partial charge in [0.25, 0.3) is 5.69 Å². The predicted octanol–water partition coefficient (Wildman–Crippen LogP) is 1.57. The van der Waals surface area contributed by atoms with E-state index in [1.807, 2.05) is 24.3 Å². The summed E-state index contributed by atoms with van der Waals surface area (Å²) in [6, 6.07) is 13.5. The van der Waals surface area contributed by atoms with Crippen LogP contribution >= 0.6 is 0 Å². The number of para-hydroxylation sites is 1. The first-order chi connectivity index (χ1) is 12.1. The normalized spacial score (nSPS) is 10.6. The minimum atomic E-state index is -0.447. The summed E-state index contributed by atoms with van der Waals surface area (Å²) in [6.07, 6.45) is 0. The molecule has 0 fully saturated rings. The number of nitro groups is 1. The molecule has 1 aromatic heterocycles. The van der Waals surface area contributed by atoms with Gasteiger partial charge in [0.1, 0.15) is 12.1 Å². The Hall–Kier alpha value is -3.49. The third kappa shape index (κ3) is 4.08. The number of anilines is 1. The smallest absolute Gasteiger partial charge is 0.269 e. The van der Waals surface area contributed by atoms with Crippen LogP contribution in [0.2, 0.25) is 0 Å². The summed E-state index contributed by atoms with van der Waals surface area (Å²) in [5.41, 5.74) is 2.35. The standard InChI is InChI=1S/C16H16N6O3/c23-16(11-21-15-4-2-1-3-14(15)19-20-21)18-10-9-17-12-5-7-13(8-6-12)22(24)25/h1-8,17H,9-11H2,(H,18,23). The van der Waals surface area contributed by atoms with Crippen molar-refractivity contribution in [1.82, 2.24) is 20.3 Å².